The number of fused-ring (bicyclic) bond motifs is 2. The summed E-state index contributed by atoms with van der Waals surface area (Å²) in [5.41, 5.74) is 0.496. The number of benzene rings is 2. The summed E-state index contributed by atoms with van der Waals surface area (Å²) < 4.78 is 41.2. The Hall–Kier alpha value is -2.89. The highest BCUT2D eigenvalue weighted by molar-refractivity contribution is 6.10. The highest BCUT2D eigenvalue weighted by Crippen LogP contribution is 2.38. The summed E-state index contributed by atoms with van der Waals surface area (Å²) in [6, 6.07) is 13.2. The fraction of sp³-hybridized carbons (Fsp3) is 0.158. The van der Waals surface area contributed by atoms with Gasteiger partial charge in [0.15, 0.2) is 0 Å². The minimum atomic E-state index is -4.65. The summed E-state index contributed by atoms with van der Waals surface area (Å²) in [6.07, 6.45) is -2.98. The first kappa shape index (κ1) is 15.6. The molecule has 4 rings (SSSR count). The molecule has 2 heterocycles. The molecule has 126 valence electrons. The van der Waals surface area contributed by atoms with Crippen molar-refractivity contribution in [1.29, 1.82) is 0 Å². The van der Waals surface area contributed by atoms with E-state index in [0.717, 1.165) is 11.8 Å². The zero-order valence-electron chi connectivity index (χ0n) is 13.0. The second-order valence-corrected chi connectivity index (χ2v) is 5.90. The molecule has 1 aliphatic rings. The Morgan fingerprint density at radius 3 is 2.56 bits per heavy atom. The largest absolute Gasteiger partial charge is 0.417 e. The number of anilines is 1. The number of hydrogen-bond donors (Lipinski definition) is 0. The maximum Gasteiger partial charge on any atom is 0.417 e. The molecule has 3 aromatic rings. The van der Waals surface area contributed by atoms with E-state index in [1.54, 1.807) is 18.2 Å². The van der Waals surface area contributed by atoms with Gasteiger partial charge < -0.3 is 4.90 Å². The van der Waals surface area contributed by atoms with Crippen LogP contribution < -0.4 is 4.90 Å². The second-order valence-electron chi connectivity index (χ2n) is 5.90. The Bertz CT molecular complexity index is 982. The van der Waals surface area contributed by atoms with Crippen molar-refractivity contribution < 1.29 is 18.0 Å². The van der Waals surface area contributed by atoms with Gasteiger partial charge in [-0.05, 0) is 24.1 Å². The molecule has 0 saturated heterocycles. The van der Waals surface area contributed by atoms with Crippen molar-refractivity contribution in [3.05, 3.63) is 71.4 Å². The third-order valence-corrected chi connectivity index (χ3v) is 4.42. The Morgan fingerprint density at radius 2 is 1.76 bits per heavy atom. The van der Waals surface area contributed by atoms with Gasteiger partial charge in [0.25, 0.3) is 5.91 Å². The number of carbonyl (C=O) groups is 1. The van der Waals surface area contributed by atoms with Gasteiger partial charge in [0.1, 0.15) is 0 Å². The monoisotopic (exact) mass is 342 g/mol. The van der Waals surface area contributed by atoms with Gasteiger partial charge in [-0.2, -0.15) is 13.2 Å². The lowest BCUT2D eigenvalue weighted by atomic mass is 10.0. The molecular formula is C19H13F3N2O. The molecule has 0 radical (unpaired) electrons. The van der Waals surface area contributed by atoms with E-state index in [2.05, 4.69) is 4.98 Å². The average Bonchev–Trinajstić information content (AvgIpc) is 3.03. The number of halogens is 3. The number of pyridine rings is 1. The smallest absolute Gasteiger partial charge is 0.308 e. The van der Waals surface area contributed by atoms with Crippen LogP contribution >= 0.6 is 0 Å². The minimum Gasteiger partial charge on any atom is -0.308 e. The van der Waals surface area contributed by atoms with Crippen LogP contribution in [0.25, 0.3) is 10.9 Å². The van der Waals surface area contributed by atoms with Gasteiger partial charge in [-0.25, -0.2) is 0 Å². The van der Waals surface area contributed by atoms with Gasteiger partial charge in [-0.1, -0.05) is 36.4 Å². The maximum absolute atomic E-state index is 13.7. The lowest BCUT2D eigenvalue weighted by molar-refractivity contribution is -0.136. The van der Waals surface area contributed by atoms with Crippen LogP contribution in [0.4, 0.5) is 18.9 Å². The summed E-state index contributed by atoms with van der Waals surface area (Å²) in [6.45, 7) is 0.363. The molecule has 0 spiro atoms. The molecule has 0 unspecified atom stereocenters. The predicted octanol–water partition coefficient (Wildman–Crippen LogP) is 4.46. The van der Waals surface area contributed by atoms with Crippen LogP contribution in [-0.4, -0.2) is 17.4 Å². The van der Waals surface area contributed by atoms with Gasteiger partial charge in [0.05, 0.1) is 16.6 Å². The quantitative estimate of drug-likeness (QED) is 0.654. The SMILES string of the molecule is O=C(c1cnc2ccccc2c1C(F)(F)F)N1CCc2ccccc21. The van der Waals surface area contributed by atoms with E-state index in [4.69, 9.17) is 0 Å². The van der Waals surface area contributed by atoms with Crippen LogP contribution in [0.15, 0.2) is 54.7 Å². The standard InChI is InChI=1S/C19H13F3N2O/c20-19(21,22)17-13-6-2-3-7-15(13)23-11-14(17)18(25)24-10-9-12-5-1-4-8-16(12)24/h1-8,11H,9-10H2. The lowest BCUT2D eigenvalue weighted by Crippen LogP contribution is -2.31. The number of carbonyl (C=O) groups excluding carboxylic acids is 1. The highest BCUT2D eigenvalue weighted by atomic mass is 19.4. The second kappa shape index (κ2) is 5.58. The number of aromatic nitrogens is 1. The molecule has 0 fully saturated rings. The first-order valence-electron chi connectivity index (χ1n) is 7.81. The van der Waals surface area contributed by atoms with Gasteiger partial charge in [-0.3, -0.25) is 9.78 Å². The van der Waals surface area contributed by atoms with Crippen molar-refractivity contribution in [3.63, 3.8) is 0 Å². The van der Waals surface area contributed by atoms with E-state index in [0.29, 0.717) is 18.7 Å². The topological polar surface area (TPSA) is 33.2 Å². The Morgan fingerprint density at radius 1 is 1.04 bits per heavy atom. The maximum atomic E-state index is 13.7. The number of rotatable bonds is 1. The average molecular weight is 342 g/mol. The Labute approximate surface area is 141 Å². The van der Waals surface area contributed by atoms with E-state index < -0.39 is 23.2 Å². The van der Waals surface area contributed by atoms with Gasteiger partial charge >= 0.3 is 6.18 Å². The van der Waals surface area contributed by atoms with Crippen LogP contribution in [0, 0.1) is 0 Å². The number of alkyl halides is 3. The highest BCUT2D eigenvalue weighted by Gasteiger charge is 2.39. The summed E-state index contributed by atoms with van der Waals surface area (Å²) in [5.74, 6) is -0.671. The summed E-state index contributed by atoms with van der Waals surface area (Å²) in [4.78, 5) is 18.4. The van der Waals surface area contributed by atoms with Gasteiger partial charge in [-0.15, -0.1) is 0 Å². The van der Waals surface area contributed by atoms with E-state index in [1.807, 2.05) is 12.1 Å². The van der Waals surface area contributed by atoms with Gasteiger partial charge in [0.2, 0.25) is 0 Å². The molecule has 3 nitrogen and oxygen atoms in total. The van der Waals surface area contributed by atoms with E-state index in [9.17, 15) is 18.0 Å². The minimum absolute atomic E-state index is 0.0617. The third kappa shape index (κ3) is 2.54. The molecule has 1 amide bonds. The van der Waals surface area contributed by atoms with Crippen molar-refractivity contribution in [2.45, 2.75) is 12.6 Å². The molecule has 25 heavy (non-hydrogen) atoms. The number of amides is 1. The van der Waals surface area contributed by atoms with Crippen molar-refractivity contribution in [2.24, 2.45) is 0 Å². The van der Waals surface area contributed by atoms with Crippen molar-refractivity contribution in [1.82, 2.24) is 4.98 Å². The van der Waals surface area contributed by atoms with Crippen LogP contribution in [0.3, 0.4) is 0 Å². The Kier molecular flexibility index (Phi) is 3.49. The van der Waals surface area contributed by atoms with Crippen LogP contribution in [0.5, 0.6) is 0 Å². The third-order valence-electron chi connectivity index (χ3n) is 4.42. The first-order valence-corrected chi connectivity index (χ1v) is 7.81. The van der Waals surface area contributed by atoms with Crippen molar-refractivity contribution in [2.75, 3.05) is 11.4 Å². The first-order chi connectivity index (χ1) is 12.0. The van der Waals surface area contributed by atoms with E-state index >= 15 is 0 Å². The molecule has 2 aromatic carbocycles. The van der Waals surface area contributed by atoms with Crippen molar-refractivity contribution in [3.8, 4) is 0 Å². The molecule has 0 atom stereocenters. The zero-order valence-corrected chi connectivity index (χ0v) is 13.0. The molecule has 1 aliphatic heterocycles. The molecule has 0 saturated carbocycles. The predicted molar refractivity (Wildman–Crippen MR) is 88.6 cm³/mol. The molecule has 0 aliphatic carbocycles. The summed E-state index contributed by atoms with van der Waals surface area (Å²) in [7, 11) is 0. The fourth-order valence-electron chi connectivity index (χ4n) is 3.30. The molecule has 1 aromatic heterocycles. The summed E-state index contributed by atoms with van der Waals surface area (Å²) >= 11 is 0. The zero-order chi connectivity index (χ0) is 17.6. The number of hydrogen-bond acceptors (Lipinski definition) is 2. The van der Waals surface area contributed by atoms with Crippen LogP contribution in [-0.2, 0) is 12.6 Å². The van der Waals surface area contributed by atoms with Crippen LogP contribution in [0.2, 0.25) is 0 Å². The van der Waals surface area contributed by atoms with Crippen molar-refractivity contribution >= 4 is 22.5 Å². The van der Waals surface area contributed by atoms with Crippen LogP contribution in [0.1, 0.15) is 21.5 Å². The van der Waals surface area contributed by atoms with E-state index in [-0.39, 0.29) is 10.9 Å². The number of nitrogens with zero attached hydrogens (tertiary/aromatic N) is 2. The van der Waals surface area contributed by atoms with Gasteiger partial charge in [0, 0.05) is 23.8 Å². The fourth-order valence-corrected chi connectivity index (χ4v) is 3.30. The van der Waals surface area contributed by atoms with E-state index in [1.165, 1.54) is 23.1 Å². The molecular weight excluding hydrogens is 329 g/mol. The Balaban J connectivity index is 1.89. The number of para-hydroxylation sites is 2. The molecule has 6 heteroatoms. The lowest BCUT2D eigenvalue weighted by Gasteiger charge is -2.21. The molecule has 0 N–H and O–H groups in total. The summed E-state index contributed by atoms with van der Waals surface area (Å²) in [5, 5.41) is -0.0617. The normalized spacial score (nSPS) is 14.0. The molecule has 0 bridgehead atoms.